The fourth-order valence-electron chi connectivity index (χ4n) is 3.30. The van der Waals surface area contributed by atoms with Gasteiger partial charge in [0.05, 0.1) is 23.7 Å². The van der Waals surface area contributed by atoms with Gasteiger partial charge in [-0.15, -0.1) is 5.10 Å². The van der Waals surface area contributed by atoms with E-state index in [1.54, 1.807) is 16.8 Å². The van der Waals surface area contributed by atoms with E-state index >= 15 is 0 Å². The van der Waals surface area contributed by atoms with Crippen LogP contribution in [0.15, 0.2) is 36.7 Å². The van der Waals surface area contributed by atoms with Crippen molar-refractivity contribution in [3.8, 4) is 5.75 Å². The average Bonchev–Trinajstić information content (AvgIpc) is 3.00. The predicted molar refractivity (Wildman–Crippen MR) is 97.4 cm³/mol. The van der Waals surface area contributed by atoms with Gasteiger partial charge < -0.3 is 25.4 Å². The number of aromatic carboxylic acids is 1. The summed E-state index contributed by atoms with van der Waals surface area (Å²) in [6.45, 7) is 6.25. The van der Waals surface area contributed by atoms with Gasteiger partial charge in [0.1, 0.15) is 5.75 Å². The van der Waals surface area contributed by atoms with Crippen molar-refractivity contribution >= 4 is 13.1 Å². The van der Waals surface area contributed by atoms with Crippen LogP contribution in [0.5, 0.6) is 5.75 Å². The summed E-state index contributed by atoms with van der Waals surface area (Å²) in [6, 6.07) is 4.92. The first kappa shape index (κ1) is 17.6. The topological polar surface area (TPSA) is 122 Å². The maximum atomic E-state index is 11.3. The third-order valence-corrected chi connectivity index (χ3v) is 4.85. The van der Waals surface area contributed by atoms with Gasteiger partial charge >= 0.3 is 13.1 Å². The monoisotopic (exact) mass is 369 g/mol. The molecular weight excluding hydrogens is 349 g/mol. The van der Waals surface area contributed by atoms with Crippen molar-refractivity contribution in [2.45, 2.75) is 24.8 Å². The molecule has 0 amide bonds. The largest absolute Gasteiger partial charge is 0.546 e. The van der Waals surface area contributed by atoms with E-state index in [4.69, 9.17) is 4.65 Å². The number of nitrogens with one attached hydrogen (secondary N) is 2. The van der Waals surface area contributed by atoms with Gasteiger partial charge in [0.15, 0.2) is 0 Å². The number of carboxylic acids is 1. The molecule has 1 aromatic carbocycles. The smallest absolute Gasteiger partial charge is 0.534 e. The number of carbonyl (C=O) groups is 1. The van der Waals surface area contributed by atoms with Crippen LogP contribution in [0.3, 0.4) is 0 Å². The summed E-state index contributed by atoms with van der Waals surface area (Å²) >= 11 is 0. The Hall–Kier alpha value is -2.85. The van der Waals surface area contributed by atoms with Gasteiger partial charge in [-0.3, -0.25) is 0 Å². The minimum absolute atomic E-state index is 0.0458. The van der Waals surface area contributed by atoms with Crippen LogP contribution in [0.4, 0.5) is 0 Å². The average molecular weight is 369 g/mol. The zero-order valence-corrected chi connectivity index (χ0v) is 14.6. The first-order valence-corrected chi connectivity index (χ1v) is 8.76. The summed E-state index contributed by atoms with van der Waals surface area (Å²) in [7, 11) is -1.18. The van der Waals surface area contributed by atoms with Gasteiger partial charge in [0, 0.05) is 30.9 Å². The van der Waals surface area contributed by atoms with Crippen molar-refractivity contribution in [2.24, 2.45) is 0 Å². The molecule has 0 saturated carbocycles. The Kier molecular flexibility index (Phi) is 4.58. The standard InChI is InChI=1S/C17H20BN5O4/c1-10(8-23-9-14(21-22-23)12-6-19-7-12)20-15-5-11-3-2-4-13(17(24)25)16(11)27-18(15)26/h2-4,9,12,15,19-20,26H,1,5-8H2,(H,24,25). The molecule has 0 bridgehead atoms. The Labute approximate surface area is 156 Å². The number of para-hydroxylation sites is 1. The fraction of sp³-hybridized carbons (Fsp3) is 0.353. The maximum absolute atomic E-state index is 11.3. The summed E-state index contributed by atoms with van der Waals surface area (Å²) in [5.41, 5.74) is 2.39. The highest BCUT2D eigenvalue weighted by molar-refractivity contribution is 6.46. The summed E-state index contributed by atoms with van der Waals surface area (Å²) in [5.74, 6) is -0.893. The number of rotatable bonds is 6. The van der Waals surface area contributed by atoms with Crippen molar-refractivity contribution in [1.82, 2.24) is 25.6 Å². The van der Waals surface area contributed by atoms with Crippen LogP contribution < -0.4 is 15.3 Å². The van der Waals surface area contributed by atoms with Crippen molar-refractivity contribution in [3.05, 3.63) is 53.5 Å². The number of benzene rings is 1. The third-order valence-electron chi connectivity index (χ3n) is 4.85. The quantitative estimate of drug-likeness (QED) is 0.516. The van der Waals surface area contributed by atoms with Gasteiger partial charge in [-0.25, -0.2) is 9.48 Å². The van der Waals surface area contributed by atoms with E-state index in [2.05, 4.69) is 27.5 Å². The molecule has 10 heteroatoms. The van der Waals surface area contributed by atoms with Crippen LogP contribution in [0.25, 0.3) is 0 Å². The van der Waals surface area contributed by atoms with Crippen molar-refractivity contribution < 1.29 is 19.6 Å². The van der Waals surface area contributed by atoms with Crippen molar-refractivity contribution in [2.75, 3.05) is 13.1 Å². The number of allylic oxidation sites excluding steroid dienone is 1. The molecule has 0 spiro atoms. The number of hydrogen-bond acceptors (Lipinski definition) is 7. The van der Waals surface area contributed by atoms with E-state index in [1.165, 1.54) is 6.07 Å². The third kappa shape index (κ3) is 3.53. The highest BCUT2D eigenvalue weighted by Crippen LogP contribution is 2.30. The highest BCUT2D eigenvalue weighted by Gasteiger charge is 2.37. The molecule has 4 N–H and O–H groups in total. The Morgan fingerprint density at radius 1 is 1.48 bits per heavy atom. The second-order valence-electron chi connectivity index (χ2n) is 6.86. The molecule has 2 aromatic rings. The number of fused-ring (bicyclic) bond motifs is 1. The molecule has 1 fully saturated rings. The lowest BCUT2D eigenvalue weighted by atomic mass is 9.72. The van der Waals surface area contributed by atoms with E-state index in [-0.39, 0.29) is 11.3 Å². The Morgan fingerprint density at radius 2 is 2.30 bits per heavy atom. The van der Waals surface area contributed by atoms with Crippen LogP contribution in [-0.2, 0) is 13.0 Å². The molecule has 27 heavy (non-hydrogen) atoms. The lowest BCUT2D eigenvalue weighted by molar-refractivity contribution is 0.0694. The van der Waals surface area contributed by atoms with Crippen molar-refractivity contribution in [1.29, 1.82) is 0 Å². The summed E-state index contributed by atoms with van der Waals surface area (Å²) in [6.07, 6.45) is 2.33. The molecule has 1 unspecified atom stereocenters. The molecule has 4 rings (SSSR count). The molecule has 0 aliphatic carbocycles. The van der Waals surface area contributed by atoms with E-state index < -0.39 is 19.0 Å². The molecule has 1 aromatic heterocycles. The van der Waals surface area contributed by atoms with Crippen LogP contribution >= 0.6 is 0 Å². The molecule has 2 aliphatic heterocycles. The maximum Gasteiger partial charge on any atom is 0.546 e. The normalized spacial score (nSPS) is 19.0. The Bertz CT molecular complexity index is 882. The summed E-state index contributed by atoms with van der Waals surface area (Å²) in [5, 5.41) is 34.2. The van der Waals surface area contributed by atoms with Crippen LogP contribution in [0.1, 0.15) is 27.5 Å². The molecule has 1 saturated heterocycles. The van der Waals surface area contributed by atoms with Crippen LogP contribution in [0, 0.1) is 0 Å². The Balaban J connectivity index is 1.40. The van der Waals surface area contributed by atoms with Crippen LogP contribution in [-0.4, -0.2) is 57.2 Å². The van der Waals surface area contributed by atoms with E-state index in [0.717, 1.165) is 24.3 Å². The number of carboxylic acid groups (broad SMARTS) is 1. The lowest BCUT2D eigenvalue weighted by Gasteiger charge is -2.30. The number of nitrogens with zero attached hydrogens (tertiary/aromatic N) is 3. The van der Waals surface area contributed by atoms with E-state index in [9.17, 15) is 14.9 Å². The van der Waals surface area contributed by atoms with Crippen molar-refractivity contribution in [3.63, 3.8) is 0 Å². The number of aromatic nitrogens is 3. The molecule has 3 heterocycles. The minimum Gasteiger partial charge on any atom is -0.534 e. The predicted octanol–water partition coefficient (Wildman–Crippen LogP) is -0.210. The first-order valence-electron chi connectivity index (χ1n) is 8.76. The van der Waals surface area contributed by atoms with Gasteiger partial charge in [-0.05, 0) is 18.1 Å². The highest BCUT2D eigenvalue weighted by atomic mass is 16.5. The SMILES string of the molecule is C=C(Cn1cc(C2CNC2)nn1)NC1Cc2cccc(C(=O)O)c2OB1O. The van der Waals surface area contributed by atoms with E-state index in [0.29, 0.717) is 24.6 Å². The lowest BCUT2D eigenvalue weighted by Crippen LogP contribution is -2.51. The van der Waals surface area contributed by atoms with Gasteiger partial charge in [0.25, 0.3) is 0 Å². The molecule has 9 nitrogen and oxygen atoms in total. The summed E-state index contributed by atoms with van der Waals surface area (Å²) in [4.78, 5) is 11.3. The summed E-state index contributed by atoms with van der Waals surface area (Å²) < 4.78 is 7.18. The zero-order valence-electron chi connectivity index (χ0n) is 14.6. The molecule has 140 valence electrons. The van der Waals surface area contributed by atoms with Gasteiger partial charge in [-0.2, -0.15) is 0 Å². The zero-order chi connectivity index (χ0) is 19.0. The fourth-order valence-corrected chi connectivity index (χ4v) is 3.30. The second-order valence-corrected chi connectivity index (χ2v) is 6.86. The molecular formula is C17H20BN5O4. The van der Waals surface area contributed by atoms with Crippen LogP contribution in [0.2, 0.25) is 0 Å². The Morgan fingerprint density at radius 3 is 3.00 bits per heavy atom. The number of hydrogen-bond donors (Lipinski definition) is 4. The molecule has 2 aliphatic rings. The van der Waals surface area contributed by atoms with E-state index in [1.807, 2.05) is 6.20 Å². The first-order chi connectivity index (χ1) is 13.0. The molecule has 1 atom stereocenters. The van der Waals surface area contributed by atoms with Gasteiger partial charge in [-0.1, -0.05) is 23.9 Å². The molecule has 0 radical (unpaired) electrons. The minimum atomic E-state index is -1.18. The van der Waals surface area contributed by atoms with Gasteiger partial charge in [0.2, 0.25) is 0 Å². The second kappa shape index (κ2) is 7.05.